The topological polar surface area (TPSA) is 49.9 Å². The fourth-order valence-corrected chi connectivity index (χ4v) is 3.48. The molecule has 3 N–H and O–H groups in total. The van der Waals surface area contributed by atoms with Crippen LogP contribution in [-0.4, -0.2) is 16.8 Å². The van der Waals surface area contributed by atoms with E-state index in [1.165, 1.54) is 32.1 Å². The summed E-state index contributed by atoms with van der Waals surface area (Å²) >= 11 is 2.09. The first kappa shape index (κ1) is 12.9. The summed E-state index contributed by atoms with van der Waals surface area (Å²) in [5.41, 5.74) is 5.45. The molecule has 15 heavy (non-hydrogen) atoms. The average molecular weight is 228 g/mol. The summed E-state index contributed by atoms with van der Waals surface area (Å²) in [6.07, 6.45) is 8.07. The van der Waals surface area contributed by atoms with Gasteiger partial charge in [0.15, 0.2) is 0 Å². The first-order valence-corrected chi connectivity index (χ1v) is 7.03. The van der Waals surface area contributed by atoms with Crippen LogP contribution < -0.4 is 5.73 Å². The normalized spacial score (nSPS) is 19.1. The zero-order chi connectivity index (χ0) is 11.3. The van der Waals surface area contributed by atoms with Crippen molar-refractivity contribution in [2.45, 2.75) is 57.6 Å². The van der Waals surface area contributed by atoms with Crippen LogP contribution in [0.1, 0.15) is 52.4 Å². The molecule has 1 rings (SSSR count). The highest BCUT2D eigenvalue weighted by Gasteiger charge is 2.22. The standard InChI is InChI=1S/C12H24N2S/c1-12(2,11(13)14)8-9-15-10-6-4-3-5-7-10/h10H,3-9H2,1-2H3,(H3,13,14). The molecule has 0 saturated heterocycles. The van der Waals surface area contributed by atoms with Gasteiger partial charge in [0.2, 0.25) is 0 Å². The first-order chi connectivity index (χ1) is 7.02. The average Bonchev–Trinajstić information content (AvgIpc) is 2.19. The summed E-state index contributed by atoms with van der Waals surface area (Å²) in [6.45, 7) is 4.13. The second-order valence-electron chi connectivity index (χ2n) is 5.18. The highest BCUT2D eigenvalue weighted by Crippen LogP contribution is 2.31. The predicted octanol–water partition coefficient (Wildman–Crippen LogP) is 3.40. The summed E-state index contributed by atoms with van der Waals surface area (Å²) in [5.74, 6) is 1.48. The van der Waals surface area contributed by atoms with Crippen molar-refractivity contribution < 1.29 is 0 Å². The molecule has 0 heterocycles. The van der Waals surface area contributed by atoms with Crippen molar-refractivity contribution in [3.8, 4) is 0 Å². The molecule has 0 amide bonds. The van der Waals surface area contributed by atoms with Gasteiger partial charge in [0.05, 0.1) is 5.84 Å². The van der Waals surface area contributed by atoms with Crippen LogP contribution >= 0.6 is 11.8 Å². The molecule has 0 spiro atoms. The molecule has 1 saturated carbocycles. The minimum absolute atomic E-state index is 0.109. The largest absolute Gasteiger partial charge is 0.387 e. The van der Waals surface area contributed by atoms with Crippen LogP contribution in [0.3, 0.4) is 0 Å². The van der Waals surface area contributed by atoms with Gasteiger partial charge in [-0.1, -0.05) is 33.1 Å². The summed E-state index contributed by atoms with van der Waals surface area (Å²) in [4.78, 5) is 0. The molecule has 88 valence electrons. The highest BCUT2D eigenvalue weighted by molar-refractivity contribution is 7.99. The van der Waals surface area contributed by atoms with Gasteiger partial charge in [-0.3, -0.25) is 5.41 Å². The highest BCUT2D eigenvalue weighted by atomic mass is 32.2. The lowest BCUT2D eigenvalue weighted by atomic mass is 9.89. The van der Waals surface area contributed by atoms with Crippen molar-refractivity contribution >= 4 is 17.6 Å². The smallest absolute Gasteiger partial charge is 0.0963 e. The fourth-order valence-electron chi connectivity index (χ4n) is 1.85. The summed E-state index contributed by atoms with van der Waals surface area (Å²) in [7, 11) is 0. The molecule has 0 bridgehead atoms. The van der Waals surface area contributed by atoms with Gasteiger partial charge in [0, 0.05) is 10.7 Å². The number of nitrogens with one attached hydrogen (secondary N) is 1. The van der Waals surface area contributed by atoms with E-state index in [9.17, 15) is 0 Å². The fraction of sp³-hybridized carbons (Fsp3) is 0.917. The summed E-state index contributed by atoms with van der Waals surface area (Å²) in [6, 6.07) is 0. The maximum atomic E-state index is 7.49. The Hall–Kier alpha value is -0.180. The van der Waals surface area contributed by atoms with Crippen molar-refractivity contribution in [2.24, 2.45) is 11.1 Å². The van der Waals surface area contributed by atoms with Crippen molar-refractivity contribution in [3.63, 3.8) is 0 Å². The Balaban J connectivity index is 2.17. The Bertz CT molecular complexity index is 208. The van der Waals surface area contributed by atoms with E-state index in [1.54, 1.807) is 0 Å². The lowest BCUT2D eigenvalue weighted by Crippen LogP contribution is -2.31. The van der Waals surface area contributed by atoms with Crippen molar-refractivity contribution in [2.75, 3.05) is 5.75 Å². The Kier molecular flexibility index (Phi) is 4.97. The monoisotopic (exact) mass is 228 g/mol. The third-order valence-electron chi connectivity index (χ3n) is 3.36. The van der Waals surface area contributed by atoms with Crippen LogP contribution in [0.2, 0.25) is 0 Å². The molecule has 3 heteroatoms. The first-order valence-electron chi connectivity index (χ1n) is 5.98. The molecule has 0 unspecified atom stereocenters. The van der Waals surface area contributed by atoms with E-state index in [4.69, 9.17) is 11.1 Å². The van der Waals surface area contributed by atoms with E-state index < -0.39 is 0 Å². The molecule has 1 aliphatic carbocycles. The van der Waals surface area contributed by atoms with Gasteiger partial charge in [0.25, 0.3) is 0 Å². The van der Waals surface area contributed by atoms with Crippen LogP contribution in [0.5, 0.6) is 0 Å². The van der Waals surface area contributed by atoms with Gasteiger partial charge < -0.3 is 5.73 Å². The second kappa shape index (κ2) is 5.78. The maximum absolute atomic E-state index is 7.49. The van der Waals surface area contributed by atoms with Crippen LogP contribution in [0.4, 0.5) is 0 Å². The van der Waals surface area contributed by atoms with Gasteiger partial charge in [-0.25, -0.2) is 0 Å². The van der Waals surface area contributed by atoms with Gasteiger partial charge in [-0.05, 0) is 25.0 Å². The molecule has 0 radical (unpaired) electrons. The van der Waals surface area contributed by atoms with Gasteiger partial charge in [0.1, 0.15) is 0 Å². The zero-order valence-electron chi connectivity index (χ0n) is 10.0. The molecule has 2 nitrogen and oxygen atoms in total. The third kappa shape index (κ3) is 4.45. The third-order valence-corrected chi connectivity index (χ3v) is 4.74. The molecular weight excluding hydrogens is 204 g/mol. The maximum Gasteiger partial charge on any atom is 0.0963 e. The van der Waals surface area contributed by atoms with Crippen molar-refractivity contribution in [1.82, 2.24) is 0 Å². The molecule has 1 aliphatic rings. The molecule has 0 aromatic carbocycles. The SMILES string of the molecule is CC(C)(CCSC1CCCCC1)C(=N)N. The van der Waals surface area contributed by atoms with E-state index in [-0.39, 0.29) is 5.41 Å². The molecule has 0 aliphatic heterocycles. The van der Waals surface area contributed by atoms with Crippen molar-refractivity contribution in [1.29, 1.82) is 5.41 Å². The number of rotatable bonds is 5. The van der Waals surface area contributed by atoms with Crippen molar-refractivity contribution in [3.05, 3.63) is 0 Å². The molecule has 0 aromatic heterocycles. The number of hydrogen-bond acceptors (Lipinski definition) is 2. The van der Waals surface area contributed by atoms with Gasteiger partial charge >= 0.3 is 0 Å². The van der Waals surface area contributed by atoms with E-state index in [0.717, 1.165) is 17.4 Å². The quantitative estimate of drug-likeness (QED) is 0.559. The van der Waals surface area contributed by atoms with E-state index in [0.29, 0.717) is 5.84 Å². The minimum Gasteiger partial charge on any atom is -0.387 e. The summed E-state index contributed by atoms with van der Waals surface area (Å²) in [5, 5.41) is 8.36. The predicted molar refractivity (Wildman–Crippen MR) is 69.6 cm³/mol. The lowest BCUT2D eigenvalue weighted by Gasteiger charge is -2.25. The van der Waals surface area contributed by atoms with Gasteiger partial charge in [-0.2, -0.15) is 11.8 Å². The Morgan fingerprint density at radius 1 is 1.33 bits per heavy atom. The number of thioether (sulfide) groups is 1. The molecule has 0 aromatic rings. The van der Waals surface area contributed by atoms with Crippen LogP contribution in [0.25, 0.3) is 0 Å². The molecule has 0 atom stereocenters. The number of amidine groups is 1. The van der Waals surface area contributed by atoms with Crippen LogP contribution in [0.15, 0.2) is 0 Å². The minimum atomic E-state index is -0.109. The van der Waals surface area contributed by atoms with E-state index >= 15 is 0 Å². The molecule has 1 fully saturated rings. The Morgan fingerprint density at radius 2 is 1.93 bits per heavy atom. The lowest BCUT2D eigenvalue weighted by molar-refractivity contribution is 0.494. The van der Waals surface area contributed by atoms with Gasteiger partial charge in [-0.15, -0.1) is 0 Å². The number of hydrogen-bond donors (Lipinski definition) is 2. The zero-order valence-corrected chi connectivity index (χ0v) is 10.8. The second-order valence-corrected chi connectivity index (χ2v) is 6.59. The molecular formula is C12H24N2S. The van der Waals surface area contributed by atoms with E-state index in [2.05, 4.69) is 25.6 Å². The van der Waals surface area contributed by atoms with Crippen LogP contribution in [-0.2, 0) is 0 Å². The Labute approximate surface area is 97.9 Å². The summed E-state index contributed by atoms with van der Waals surface area (Å²) < 4.78 is 0. The number of nitrogens with two attached hydrogens (primary N) is 1. The van der Waals surface area contributed by atoms with Crippen LogP contribution in [0, 0.1) is 10.8 Å². The van der Waals surface area contributed by atoms with E-state index in [1.807, 2.05) is 0 Å². The Morgan fingerprint density at radius 3 is 2.47 bits per heavy atom.